The molecule has 4 rings (SSSR count). The number of rotatable bonds is 2. The Morgan fingerprint density at radius 2 is 2.28 bits per heavy atom. The van der Waals surface area contributed by atoms with Crippen LogP contribution in [0.4, 0.5) is 0 Å². The van der Waals surface area contributed by atoms with Crippen molar-refractivity contribution in [1.29, 1.82) is 0 Å². The summed E-state index contributed by atoms with van der Waals surface area (Å²) in [6.07, 6.45) is 4.04. The Hall–Kier alpha value is -1.24. The van der Waals surface area contributed by atoms with Crippen LogP contribution in [0.3, 0.4) is 0 Å². The Bertz CT molecular complexity index is 616. The molecule has 1 N–H and O–H groups in total. The minimum absolute atomic E-state index is 0.0604. The van der Waals surface area contributed by atoms with Gasteiger partial charge in [-0.3, -0.25) is 4.57 Å². The Labute approximate surface area is 108 Å². The molecule has 18 heavy (non-hydrogen) atoms. The van der Waals surface area contributed by atoms with Gasteiger partial charge in [-0.2, -0.15) is 0 Å². The van der Waals surface area contributed by atoms with Gasteiger partial charge in [0.1, 0.15) is 18.1 Å². The van der Waals surface area contributed by atoms with Gasteiger partial charge in [0.15, 0.2) is 10.8 Å². The lowest BCUT2D eigenvalue weighted by atomic mass is 10.2. The van der Waals surface area contributed by atoms with E-state index in [1.165, 1.54) is 6.33 Å². The minimum Gasteiger partial charge on any atom is -0.394 e. The van der Waals surface area contributed by atoms with Crippen molar-refractivity contribution in [2.75, 3.05) is 6.61 Å². The SMILES string of the molecule is OC[C@H]1O[C@H](n2cnc3c(Cl)ncnc32)[C@H]2C[C@H]21. The molecular weight excluding hydrogens is 256 g/mol. The largest absolute Gasteiger partial charge is 0.394 e. The first-order valence-corrected chi connectivity index (χ1v) is 6.26. The number of ether oxygens (including phenoxy) is 1. The molecule has 2 fully saturated rings. The van der Waals surface area contributed by atoms with E-state index in [2.05, 4.69) is 15.0 Å². The molecule has 4 atom stereocenters. The fourth-order valence-electron chi connectivity index (χ4n) is 2.83. The number of aliphatic hydroxyl groups excluding tert-OH is 1. The molecular formula is C11H11ClN4O2. The minimum atomic E-state index is -0.0943. The third-order valence-corrected chi connectivity index (χ3v) is 4.09. The summed E-state index contributed by atoms with van der Waals surface area (Å²) in [5.41, 5.74) is 1.27. The summed E-state index contributed by atoms with van der Waals surface area (Å²) in [7, 11) is 0. The van der Waals surface area contributed by atoms with Crippen LogP contribution in [0.5, 0.6) is 0 Å². The van der Waals surface area contributed by atoms with E-state index in [1.54, 1.807) is 6.33 Å². The molecule has 94 valence electrons. The van der Waals surface area contributed by atoms with Crippen molar-refractivity contribution < 1.29 is 9.84 Å². The molecule has 2 aliphatic rings. The van der Waals surface area contributed by atoms with Crippen molar-refractivity contribution >= 4 is 22.8 Å². The van der Waals surface area contributed by atoms with E-state index in [9.17, 15) is 5.11 Å². The lowest BCUT2D eigenvalue weighted by Crippen LogP contribution is -2.19. The Morgan fingerprint density at radius 1 is 1.39 bits per heavy atom. The van der Waals surface area contributed by atoms with Gasteiger partial charge in [-0.15, -0.1) is 0 Å². The quantitative estimate of drug-likeness (QED) is 0.821. The number of aliphatic hydroxyl groups is 1. The monoisotopic (exact) mass is 266 g/mol. The summed E-state index contributed by atoms with van der Waals surface area (Å²) in [5.74, 6) is 0.919. The molecule has 0 bridgehead atoms. The summed E-state index contributed by atoms with van der Waals surface area (Å²) in [6.45, 7) is 0.0695. The predicted molar refractivity (Wildman–Crippen MR) is 62.9 cm³/mol. The van der Waals surface area contributed by atoms with Gasteiger partial charge < -0.3 is 9.84 Å². The Morgan fingerprint density at radius 3 is 3.06 bits per heavy atom. The highest BCUT2D eigenvalue weighted by atomic mass is 35.5. The summed E-state index contributed by atoms with van der Waals surface area (Å²) < 4.78 is 7.73. The molecule has 0 spiro atoms. The van der Waals surface area contributed by atoms with E-state index < -0.39 is 0 Å². The highest BCUT2D eigenvalue weighted by Crippen LogP contribution is 2.56. The second kappa shape index (κ2) is 3.63. The molecule has 0 aromatic carbocycles. The van der Waals surface area contributed by atoms with Crippen LogP contribution >= 0.6 is 11.6 Å². The van der Waals surface area contributed by atoms with E-state index in [1.807, 2.05) is 4.57 Å². The molecule has 0 unspecified atom stereocenters. The van der Waals surface area contributed by atoms with Gasteiger partial charge in [0, 0.05) is 5.92 Å². The van der Waals surface area contributed by atoms with Crippen molar-refractivity contribution in [1.82, 2.24) is 19.5 Å². The number of hydrogen-bond donors (Lipinski definition) is 1. The lowest BCUT2D eigenvalue weighted by Gasteiger charge is -2.17. The maximum Gasteiger partial charge on any atom is 0.166 e. The zero-order chi connectivity index (χ0) is 12.3. The molecule has 0 radical (unpaired) electrons. The average molecular weight is 267 g/mol. The van der Waals surface area contributed by atoms with Gasteiger partial charge in [0.05, 0.1) is 19.0 Å². The maximum atomic E-state index is 9.24. The molecule has 1 saturated heterocycles. The maximum absolute atomic E-state index is 9.24. The number of fused-ring (bicyclic) bond motifs is 2. The number of hydrogen-bond acceptors (Lipinski definition) is 5. The van der Waals surface area contributed by atoms with Crippen molar-refractivity contribution in [3.63, 3.8) is 0 Å². The van der Waals surface area contributed by atoms with Crippen LogP contribution in [0.1, 0.15) is 12.6 Å². The number of aromatic nitrogens is 4. The van der Waals surface area contributed by atoms with Gasteiger partial charge in [-0.1, -0.05) is 11.6 Å². The Kier molecular flexibility index (Phi) is 2.15. The molecule has 1 saturated carbocycles. The number of imidazole rings is 1. The van der Waals surface area contributed by atoms with E-state index in [0.717, 1.165) is 6.42 Å². The molecule has 3 heterocycles. The van der Waals surface area contributed by atoms with Crippen LogP contribution in [-0.4, -0.2) is 37.3 Å². The third kappa shape index (κ3) is 1.33. The molecule has 1 aliphatic heterocycles. The van der Waals surface area contributed by atoms with Crippen LogP contribution in [0.25, 0.3) is 11.2 Å². The van der Waals surface area contributed by atoms with E-state index in [4.69, 9.17) is 16.3 Å². The number of nitrogens with zero attached hydrogens (tertiary/aromatic N) is 4. The van der Waals surface area contributed by atoms with E-state index in [0.29, 0.717) is 28.2 Å². The highest BCUT2D eigenvalue weighted by molar-refractivity contribution is 6.33. The zero-order valence-corrected chi connectivity index (χ0v) is 10.2. The summed E-state index contributed by atoms with van der Waals surface area (Å²) >= 11 is 5.97. The van der Waals surface area contributed by atoms with Gasteiger partial charge in [0.25, 0.3) is 0 Å². The number of halogens is 1. The lowest BCUT2D eigenvalue weighted by molar-refractivity contribution is -0.0479. The molecule has 1 aliphatic carbocycles. The standard InChI is InChI=1S/C11H11ClN4O2/c12-9-8-10(14-3-13-9)16(4-15-8)11-6-1-5(6)7(2-17)18-11/h3-7,11,17H,1-2H2/t5-,6+,7-,11+/m1/s1. The van der Waals surface area contributed by atoms with Gasteiger partial charge >= 0.3 is 0 Å². The summed E-state index contributed by atoms with van der Waals surface area (Å²) in [5, 5.41) is 9.59. The topological polar surface area (TPSA) is 73.1 Å². The normalized spacial score (nSPS) is 33.9. The van der Waals surface area contributed by atoms with Crippen molar-refractivity contribution in [2.24, 2.45) is 11.8 Å². The van der Waals surface area contributed by atoms with Gasteiger partial charge in [0.2, 0.25) is 0 Å². The molecule has 2 aromatic rings. The zero-order valence-electron chi connectivity index (χ0n) is 9.40. The van der Waals surface area contributed by atoms with Gasteiger partial charge in [-0.25, -0.2) is 15.0 Å². The van der Waals surface area contributed by atoms with E-state index in [-0.39, 0.29) is 18.9 Å². The van der Waals surface area contributed by atoms with Crippen LogP contribution in [0.15, 0.2) is 12.7 Å². The van der Waals surface area contributed by atoms with Crippen LogP contribution in [0, 0.1) is 11.8 Å². The molecule has 7 heteroatoms. The summed E-state index contributed by atoms with van der Waals surface area (Å²) in [6, 6.07) is 0. The van der Waals surface area contributed by atoms with Crippen LogP contribution in [-0.2, 0) is 4.74 Å². The highest BCUT2D eigenvalue weighted by Gasteiger charge is 2.56. The average Bonchev–Trinajstić information content (AvgIpc) is 2.91. The van der Waals surface area contributed by atoms with Crippen molar-refractivity contribution in [3.8, 4) is 0 Å². The first-order chi connectivity index (χ1) is 8.79. The smallest absolute Gasteiger partial charge is 0.166 e. The third-order valence-electron chi connectivity index (χ3n) is 3.82. The molecule has 6 nitrogen and oxygen atoms in total. The van der Waals surface area contributed by atoms with Crippen molar-refractivity contribution in [2.45, 2.75) is 18.8 Å². The van der Waals surface area contributed by atoms with Crippen LogP contribution in [0.2, 0.25) is 5.15 Å². The van der Waals surface area contributed by atoms with E-state index >= 15 is 0 Å². The van der Waals surface area contributed by atoms with Gasteiger partial charge in [-0.05, 0) is 12.3 Å². The molecule has 2 aromatic heterocycles. The Balaban J connectivity index is 1.78. The predicted octanol–water partition coefficient (Wildman–Crippen LogP) is 1.01. The summed E-state index contributed by atoms with van der Waals surface area (Å²) in [4.78, 5) is 12.3. The van der Waals surface area contributed by atoms with Crippen LogP contribution < -0.4 is 0 Å². The van der Waals surface area contributed by atoms with Crippen molar-refractivity contribution in [3.05, 3.63) is 17.8 Å². The fraction of sp³-hybridized carbons (Fsp3) is 0.545. The second-order valence-electron chi connectivity index (χ2n) is 4.80. The first kappa shape index (κ1) is 10.7. The first-order valence-electron chi connectivity index (χ1n) is 5.89. The molecule has 0 amide bonds. The second-order valence-corrected chi connectivity index (χ2v) is 5.16. The fourth-order valence-corrected chi connectivity index (χ4v) is 3.01.